The lowest BCUT2D eigenvalue weighted by molar-refractivity contribution is -0.101. The first-order valence-electron chi connectivity index (χ1n) is 7.88. The Bertz CT molecular complexity index is 519. The van der Waals surface area contributed by atoms with Gasteiger partial charge in [-0.25, -0.2) is 0 Å². The van der Waals surface area contributed by atoms with E-state index < -0.39 is 0 Å². The second kappa shape index (κ2) is 7.08. The molecule has 0 saturated carbocycles. The first-order valence-corrected chi connectivity index (χ1v) is 8.76. The molecule has 2 aliphatic rings. The van der Waals surface area contributed by atoms with Gasteiger partial charge in [0.05, 0.1) is 30.9 Å². The van der Waals surface area contributed by atoms with Crippen LogP contribution >= 0.6 is 11.3 Å². The van der Waals surface area contributed by atoms with E-state index in [2.05, 4.69) is 4.90 Å². The zero-order valence-corrected chi connectivity index (χ0v) is 14.1. The summed E-state index contributed by atoms with van der Waals surface area (Å²) in [6.45, 7) is 6.88. The minimum absolute atomic E-state index is 0.162. The quantitative estimate of drug-likeness (QED) is 0.844. The molecule has 2 saturated heterocycles. The van der Waals surface area contributed by atoms with Gasteiger partial charge in [0.2, 0.25) is 0 Å². The Morgan fingerprint density at radius 1 is 1.50 bits per heavy atom. The van der Waals surface area contributed by atoms with E-state index in [1.807, 2.05) is 23.3 Å². The Morgan fingerprint density at radius 3 is 3.09 bits per heavy atom. The highest BCUT2D eigenvalue weighted by molar-refractivity contribution is 7.10. The number of piperidine rings is 1. The number of amides is 1. The number of likely N-dealkylation sites (tertiary alicyclic amines) is 1. The maximum Gasteiger partial charge on any atom is 0.255 e. The highest BCUT2D eigenvalue weighted by Gasteiger charge is 2.38. The maximum absolute atomic E-state index is 12.7. The Kier molecular flexibility index (Phi) is 5.13. The molecule has 5 nitrogen and oxygen atoms in total. The number of methoxy groups -OCH3 is 1. The van der Waals surface area contributed by atoms with Crippen molar-refractivity contribution in [2.75, 3.05) is 46.5 Å². The molecule has 0 aromatic carbocycles. The third-order valence-electron chi connectivity index (χ3n) is 4.66. The summed E-state index contributed by atoms with van der Waals surface area (Å²) in [4.78, 5) is 18.2. The number of thiophene rings is 1. The van der Waals surface area contributed by atoms with Crippen LogP contribution in [-0.4, -0.2) is 74.4 Å². The number of hydrogen-bond acceptors (Lipinski definition) is 5. The molecule has 22 heavy (non-hydrogen) atoms. The average molecular weight is 324 g/mol. The molecule has 2 aliphatic heterocycles. The van der Waals surface area contributed by atoms with Gasteiger partial charge in [0.1, 0.15) is 0 Å². The van der Waals surface area contributed by atoms with Crippen LogP contribution < -0.4 is 0 Å². The molecule has 1 amide bonds. The highest BCUT2D eigenvalue weighted by atomic mass is 32.1. The fourth-order valence-electron chi connectivity index (χ4n) is 3.39. The normalized spacial score (nSPS) is 26.0. The number of hydrogen-bond donors (Lipinski definition) is 0. The Balaban J connectivity index is 1.69. The predicted molar refractivity (Wildman–Crippen MR) is 86.6 cm³/mol. The van der Waals surface area contributed by atoms with Crippen LogP contribution in [0.15, 0.2) is 11.4 Å². The topological polar surface area (TPSA) is 42.0 Å². The van der Waals surface area contributed by atoms with Crippen LogP contribution in [0.25, 0.3) is 0 Å². The van der Waals surface area contributed by atoms with E-state index in [0.717, 1.165) is 56.3 Å². The summed E-state index contributed by atoms with van der Waals surface area (Å²) in [6.07, 6.45) is 1.17. The Hall–Kier alpha value is -0.950. The molecule has 6 heteroatoms. The maximum atomic E-state index is 12.7. The van der Waals surface area contributed by atoms with Crippen LogP contribution in [0, 0.1) is 6.92 Å². The summed E-state index contributed by atoms with van der Waals surface area (Å²) in [5, 5.41) is 1.99. The first kappa shape index (κ1) is 15.9. The van der Waals surface area contributed by atoms with Crippen LogP contribution in [0.3, 0.4) is 0 Å². The minimum atomic E-state index is 0.162. The monoisotopic (exact) mass is 324 g/mol. The van der Waals surface area contributed by atoms with Gasteiger partial charge >= 0.3 is 0 Å². The molecule has 0 unspecified atom stereocenters. The molecule has 2 atom stereocenters. The van der Waals surface area contributed by atoms with Crippen LogP contribution in [0.1, 0.15) is 21.7 Å². The first-order chi connectivity index (χ1) is 10.7. The van der Waals surface area contributed by atoms with Crippen molar-refractivity contribution in [2.24, 2.45) is 0 Å². The van der Waals surface area contributed by atoms with E-state index in [-0.39, 0.29) is 12.0 Å². The van der Waals surface area contributed by atoms with E-state index in [1.165, 1.54) is 0 Å². The van der Waals surface area contributed by atoms with Crippen molar-refractivity contribution < 1.29 is 14.3 Å². The number of morpholine rings is 1. The van der Waals surface area contributed by atoms with E-state index >= 15 is 0 Å². The van der Waals surface area contributed by atoms with Gasteiger partial charge in [0.15, 0.2) is 0 Å². The molecular formula is C16H24N2O3S. The average Bonchev–Trinajstić information content (AvgIpc) is 2.97. The molecule has 3 rings (SSSR count). The van der Waals surface area contributed by atoms with Crippen molar-refractivity contribution in [3.63, 3.8) is 0 Å². The smallest absolute Gasteiger partial charge is 0.255 e. The molecule has 3 heterocycles. The lowest BCUT2D eigenvalue weighted by atomic mass is 9.98. The number of rotatable bonds is 4. The largest absolute Gasteiger partial charge is 0.383 e. The zero-order valence-electron chi connectivity index (χ0n) is 13.3. The van der Waals surface area contributed by atoms with Crippen molar-refractivity contribution in [3.8, 4) is 0 Å². The second-order valence-corrected chi connectivity index (χ2v) is 7.06. The van der Waals surface area contributed by atoms with Crippen molar-refractivity contribution in [2.45, 2.75) is 25.5 Å². The van der Waals surface area contributed by atoms with Crippen molar-refractivity contribution >= 4 is 17.2 Å². The molecule has 0 spiro atoms. The number of aryl methyl sites for hydroxylation is 1. The lowest BCUT2D eigenvalue weighted by Gasteiger charge is -2.47. The van der Waals surface area contributed by atoms with Gasteiger partial charge in [-0.3, -0.25) is 9.69 Å². The summed E-state index contributed by atoms with van der Waals surface area (Å²) in [6, 6.07) is 2.23. The van der Waals surface area contributed by atoms with Gasteiger partial charge < -0.3 is 14.4 Å². The fraction of sp³-hybridized carbons (Fsp3) is 0.688. The Labute approximate surface area is 135 Å². The van der Waals surface area contributed by atoms with Crippen LogP contribution in [-0.2, 0) is 9.47 Å². The fourth-order valence-corrected chi connectivity index (χ4v) is 4.08. The molecule has 0 aliphatic carbocycles. The number of nitrogens with zero attached hydrogens (tertiary/aromatic N) is 2. The van der Waals surface area contributed by atoms with Gasteiger partial charge in [0, 0.05) is 38.2 Å². The molecule has 1 aromatic heterocycles. The van der Waals surface area contributed by atoms with Crippen molar-refractivity contribution in [1.29, 1.82) is 0 Å². The number of ether oxygens (including phenoxy) is 2. The van der Waals surface area contributed by atoms with Crippen molar-refractivity contribution in [1.82, 2.24) is 9.80 Å². The molecule has 1 aromatic rings. The van der Waals surface area contributed by atoms with Gasteiger partial charge in [-0.1, -0.05) is 0 Å². The van der Waals surface area contributed by atoms with E-state index in [4.69, 9.17) is 9.47 Å². The molecule has 122 valence electrons. The summed E-state index contributed by atoms with van der Waals surface area (Å²) in [7, 11) is 1.73. The number of fused-ring (bicyclic) bond motifs is 1. The summed E-state index contributed by atoms with van der Waals surface area (Å²) >= 11 is 1.63. The SMILES string of the molecule is COCCN1CCO[C@@H]2CCN(C(=O)c3ccsc3C)C[C@H]21. The third-order valence-corrected chi connectivity index (χ3v) is 5.50. The molecular weight excluding hydrogens is 300 g/mol. The third kappa shape index (κ3) is 3.20. The van der Waals surface area contributed by atoms with Gasteiger partial charge in [-0.15, -0.1) is 11.3 Å². The van der Waals surface area contributed by atoms with Crippen LogP contribution in [0.5, 0.6) is 0 Å². The van der Waals surface area contributed by atoms with Crippen molar-refractivity contribution in [3.05, 3.63) is 21.9 Å². The van der Waals surface area contributed by atoms with E-state index in [0.29, 0.717) is 6.04 Å². The lowest BCUT2D eigenvalue weighted by Crippen LogP contribution is -2.61. The summed E-state index contributed by atoms with van der Waals surface area (Å²) < 4.78 is 11.1. The van der Waals surface area contributed by atoms with Gasteiger partial charge in [-0.05, 0) is 24.8 Å². The van der Waals surface area contributed by atoms with E-state index in [1.54, 1.807) is 18.4 Å². The molecule has 0 bridgehead atoms. The highest BCUT2D eigenvalue weighted by Crippen LogP contribution is 2.25. The molecule has 2 fully saturated rings. The second-order valence-electron chi connectivity index (χ2n) is 5.94. The van der Waals surface area contributed by atoms with Crippen LogP contribution in [0.2, 0.25) is 0 Å². The summed E-state index contributed by atoms with van der Waals surface area (Å²) in [5.74, 6) is 0.162. The standard InChI is InChI=1S/C16H24N2O3S/c1-12-13(4-10-22-12)16(19)18-5-3-15-14(11-18)17(6-8-20-2)7-9-21-15/h4,10,14-15H,3,5-9,11H2,1-2H3/t14-,15-/m1/s1. The molecule has 0 radical (unpaired) electrons. The predicted octanol–water partition coefficient (Wildman–Crippen LogP) is 1.62. The van der Waals surface area contributed by atoms with E-state index in [9.17, 15) is 4.79 Å². The van der Waals surface area contributed by atoms with Gasteiger partial charge in [-0.2, -0.15) is 0 Å². The minimum Gasteiger partial charge on any atom is -0.383 e. The van der Waals surface area contributed by atoms with Crippen LogP contribution in [0.4, 0.5) is 0 Å². The number of carbonyl (C=O) groups is 1. The number of carbonyl (C=O) groups excluding carboxylic acids is 1. The summed E-state index contributed by atoms with van der Waals surface area (Å²) in [5.41, 5.74) is 0.851. The van der Waals surface area contributed by atoms with Gasteiger partial charge in [0.25, 0.3) is 5.91 Å². The zero-order chi connectivity index (χ0) is 15.5. The Morgan fingerprint density at radius 2 is 2.36 bits per heavy atom. The molecule has 0 N–H and O–H groups in total.